The minimum absolute atomic E-state index is 0.501. The lowest BCUT2D eigenvalue weighted by molar-refractivity contribution is -1.01. The Kier molecular flexibility index (Phi) is 10.0. The van der Waals surface area contributed by atoms with Gasteiger partial charge in [0.25, 0.3) is 0 Å². The zero-order valence-electron chi connectivity index (χ0n) is 17.7. The quantitative estimate of drug-likeness (QED) is 0.486. The first-order valence-electron chi connectivity index (χ1n) is 10.7. The van der Waals surface area contributed by atoms with Crippen LogP contribution in [0.3, 0.4) is 0 Å². The van der Waals surface area contributed by atoms with Gasteiger partial charge in [-0.3, -0.25) is 0 Å². The average Bonchev–Trinajstić information content (AvgIpc) is 2.81. The summed E-state index contributed by atoms with van der Waals surface area (Å²) in [5.74, 6) is 12.8. The molecule has 0 radical (unpaired) electrons. The molecule has 2 aromatic rings. The molecule has 3 rings (SSSR count). The van der Waals surface area contributed by atoms with Crippen LogP contribution < -0.4 is 9.80 Å². The molecule has 4 heteroatoms. The maximum atomic E-state index is 5.61. The summed E-state index contributed by atoms with van der Waals surface area (Å²) in [5, 5.41) is 0. The van der Waals surface area contributed by atoms with Gasteiger partial charge in [-0.2, -0.15) is 0 Å². The molecule has 30 heavy (non-hydrogen) atoms. The van der Waals surface area contributed by atoms with E-state index in [1.54, 1.807) is 9.80 Å². The van der Waals surface area contributed by atoms with Crippen LogP contribution in [0.4, 0.5) is 0 Å². The van der Waals surface area contributed by atoms with Gasteiger partial charge in [-0.15, -0.1) is 0 Å². The van der Waals surface area contributed by atoms with Gasteiger partial charge in [0, 0.05) is 0 Å². The molecule has 0 aliphatic carbocycles. The molecule has 0 atom stereocenters. The van der Waals surface area contributed by atoms with Gasteiger partial charge in [0.15, 0.2) is 0 Å². The maximum Gasteiger partial charge on any atom is 0.139 e. The van der Waals surface area contributed by atoms with Crippen LogP contribution in [0.5, 0.6) is 0 Å². The van der Waals surface area contributed by atoms with Crippen molar-refractivity contribution in [3.63, 3.8) is 0 Å². The van der Waals surface area contributed by atoms with Crippen molar-refractivity contribution < 1.29 is 19.3 Å². The van der Waals surface area contributed by atoms with Gasteiger partial charge in [-0.1, -0.05) is 72.5 Å². The van der Waals surface area contributed by atoms with Crippen LogP contribution in [0.25, 0.3) is 0 Å². The highest BCUT2D eigenvalue weighted by Crippen LogP contribution is 2.00. The first-order valence-corrected chi connectivity index (χ1v) is 10.7. The molecular formula is C26H32N2O2+2. The largest absolute Gasteiger partial charge is 0.364 e. The van der Waals surface area contributed by atoms with E-state index in [1.807, 2.05) is 36.4 Å². The summed E-state index contributed by atoms with van der Waals surface area (Å²) in [6, 6.07) is 20.4. The van der Waals surface area contributed by atoms with Crippen LogP contribution in [0, 0.1) is 23.7 Å². The Hall–Kier alpha value is -2.60. The fraction of sp³-hybridized carbons (Fsp3) is 0.385. The topological polar surface area (TPSA) is 27.3 Å². The first kappa shape index (κ1) is 22.1. The highest BCUT2D eigenvalue weighted by molar-refractivity contribution is 5.14. The second kappa shape index (κ2) is 13.6. The molecule has 1 aliphatic heterocycles. The minimum atomic E-state index is 0.501. The average molecular weight is 405 g/mol. The van der Waals surface area contributed by atoms with Gasteiger partial charge < -0.3 is 19.3 Å². The smallest absolute Gasteiger partial charge is 0.139 e. The summed E-state index contributed by atoms with van der Waals surface area (Å²) in [6.45, 7) is 8.68. The minimum Gasteiger partial charge on any atom is -0.364 e. The Bertz CT molecular complexity index is 765. The highest BCUT2D eigenvalue weighted by Gasteiger charge is 2.20. The predicted octanol–water partition coefficient (Wildman–Crippen LogP) is 0.210. The Morgan fingerprint density at radius 1 is 0.567 bits per heavy atom. The van der Waals surface area contributed by atoms with Crippen molar-refractivity contribution in [3.05, 3.63) is 71.8 Å². The van der Waals surface area contributed by atoms with Crippen LogP contribution in [0.1, 0.15) is 11.1 Å². The molecule has 0 amide bonds. The molecule has 156 valence electrons. The maximum absolute atomic E-state index is 5.61. The SMILES string of the molecule is C(#CC[NH+]1CC[NH+](CC#CCOCc2ccccc2)CC1)COCc1ccccc1. The van der Waals surface area contributed by atoms with Crippen molar-refractivity contribution in [1.29, 1.82) is 0 Å². The Morgan fingerprint density at radius 2 is 0.967 bits per heavy atom. The van der Waals surface area contributed by atoms with Crippen molar-refractivity contribution in [3.8, 4) is 23.7 Å². The van der Waals surface area contributed by atoms with Crippen LogP contribution in [0.15, 0.2) is 60.7 Å². The molecular weight excluding hydrogens is 372 g/mol. The van der Waals surface area contributed by atoms with E-state index < -0.39 is 0 Å². The number of ether oxygens (including phenoxy) is 2. The fourth-order valence-electron chi connectivity index (χ4n) is 3.38. The summed E-state index contributed by atoms with van der Waals surface area (Å²) >= 11 is 0. The van der Waals surface area contributed by atoms with Gasteiger partial charge in [0.1, 0.15) is 52.5 Å². The van der Waals surface area contributed by atoms with Gasteiger partial charge in [0.05, 0.1) is 13.2 Å². The van der Waals surface area contributed by atoms with Gasteiger partial charge in [0.2, 0.25) is 0 Å². The number of piperazine rings is 1. The van der Waals surface area contributed by atoms with Crippen molar-refractivity contribution in [2.24, 2.45) is 0 Å². The van der Waals surface area contributed by atoms with E-state index in [4.69, 9.17) is 9.47 Å². The van der Waals surface area contributed by atoms with E-state index >= 15 is 0 Å². The number of quaternary nitrogens is 2. The monoisotopic (exact) mass is 404 g/mol. The second-order valence-electron chi connectivity index (χ2n) is 7.52. The van der Waals surface area contributed by atoms with Crippen molar-refractivity contribution >= 4 is 0 Å². The Labute approximate surface area is 180 Å². The lowest BCUT2D eigenvalue weighted by Crippen LogP contribution is -3.28. The number of hydrogen-bond acceptors (Lipinski definition) is 2. The van der Waals surface area contributed by atoms with Gasteiger partial charge in [-0.05, 0) is 23.0 Å². The lowest BCUT2D eigenvalue weighted by Gasteiger charge is -2.27. The molecule has 0 aromatic heterocycles. The Morgan fingerprint density at radius 3 is 1.37 bits per heavy atom. The van der Waals surface area contributed by atoms with E-state index in [0.717, 1.165) is 39.3 Å². The summed E-state index contributed by atoms with van der Waals surface area (Å²) < 4.78 is 11.2. The van der Waals surface area contributed by atoms with Crippen molar-refractivity contribution in [2.45, 2.75) is 13.2 Å². The Balaban J connectivity index is 1.21. The molecule has 2 N–H and O–H groups in total. The van der Waals surface area contributed by atoms with Gasteiger partial charge >= 0.3 is 0 Å². The predicted molar refractivity (Wildman–Crippen MR) is 119 cm³/mol. The van der Waals surface area contributed by atoms with Crippen molar-refractivity contribution in [2.75, 3.05) is 52.5 Å². The molecule has 0 unspecified atom stereocenters. The van der Waals surface area contributed by atoms with E-state index in [0.29, 0.717) is 26.4 Å². The normalized spacial score (nSPS) is 18.0. The number of hydrogen-bond donors (Lipinski definition) is 2. The molecule has 2 aromatic carbocycles. The molecule has 1 heterocycles. The number of benzene rings is 2. The number of nitrogens with one attached hydrogen (secondary N) is 2. The molecule has 0 saturated carbocycles. The molecule has 1 fully saturated rings. The zero-order chi connectivity index (χ0) is 20.7. The second-order valence-corrected chi connectivity index (χ2v) is 7.52. The van der Waals surface area contributed by atoms with Crippen LogP contribution >= 0.6 is 0 Å². The summed E-state index contributed by atoms with van der Waals surface area (Å²) in [5.41, 5.74) is 2.38. The summed E-state index contributed by atoms with van der Waals surface area (Å²) in [6.07, 6.45) is 0. The third kappa shape index (κ3) is 8.82. The van der Waals surface area contributed by atoms with E-state index in [9.17, 15) is 0 Å². The summed E-state index contributed by atoms with van der Waals surface area (Å²) in [4.78, 5) is 3.13. The van der Waals surface area contributed by atoms with Gasteiger partial charge in [-0.25, -0.2) is 0 Å². The first-order chi connectivity index (χ1) is 14.9. The van der Waals surface area contributed by atoms with E-state index in [-0.39, 0.29) is 0 Å². The lowest BCUT2D eigenvalue weighted by atomic mass is 10.2. The van der Waals surface area contributed by atoms with E-state index in [2.05, 4.69) is 47.9 Å². The van der Waals surface area contributed by atoms with Crippen LogP contribution in [-0.2, 0) is 22.7 Å². The molecule has 0 spiro atoms. The highest BCUT2D eigenvalue weighted by atomic mass is 16.5. The molecule has 4 nitrogen and oxygen atoms in total. The fourth-order valence-corrected chi connectivity index (χ4v) is 3.38. The molecule has 1 aliphatic rings. The molecule has 0 bridgehead atoms. The summed E-state index contributed by atoms with van der Waals surface area (Å²) in [7, 11) is 0. The molecule has 1 saturated heterocycles. The standard InChI is InChI=1S/C26H30N2O2/c1-3-11-25(12-4-1)23-29-21-9-7-15-27-17-19-28(20-18-27)16-8-10-22-30-24-26-13-5-2-6-14-26/h1-6,11-14H,15-24H2/p+2. The van der Waals surface area contributed by atoms with E-state index in [1.165, 1.54) is 11.1 Å². The third-order valence-electron chi connectivity index (χ3n) is 5.16. The van der Waals surface area contributed by atoms with Crippen molar-refractivity contribution in [1.82, 2.24) is 0 Å². The van der Waals surface area contributed by atoms with Crippen LogP contribution in [-0.4, -0.2) is 52.5 Å². The number of rotatable bonds is 8. The third-order valence-corrected chi connectivity index (χ3v) is 5.16. The zero-order valence-corrected chi connectivity index (χ0v) is 17.7. The van der Waals surface area contributed by atoms with Crippen LogP contribution in [0.2, 0.25) is 0 Å².